The fourth-order valence-electron chi connectivity index (χ4n) is 1.12. The van der Waals surface area contributed by atoms with Gasteiger partial charge in [-0.05, 0) is 28.1 Å². The number of oxazole rings is 1. The van der Waals surface area contributed by atoms with Gasteiger partial charge in [-0.2, -0.15) is 4.98 Å². The van der Waals surface area contributed by atoms with Gasteiger partial charge in [-0.15, -0.1) is 0 Å². The van der Waals surface area contributed by atoms with Gasteiger partial charge in [-0.25, -0.2) is 8.78 Å². The molecule has 0 saturated carbocycles. The topological polar surface area (TPSA) is 52.0 Å². The number of nitrogens with zero attached hydrogens (tertiary/aromatic N) is 1. The molecule has 2 N–H and O–H groups in total. The molecular weight excluding hydrogens is 270 g/mol. The van der Waals surface area contributed by atoms with Crippen molar-refractivity contribution in [2.24, 2.45) is 0 Å². The van der Waals surface area contributed by atoms with Crippen LogP contribution >= 0.6 is 15.9 Å². The maximum absolute atomic E-state index is 13.3. The lowest BCUT2D eigenvalue weighted by Gasteiger charge is -1.98. The molecule has 0 radical (unpaired) electrons. The first-order chi connectivity index (χ1) is 7.09. The molecule has 6 heteroatoms. The predicted molar refractivity (Wildman–Crippen MR) is 54.0 cm³/mol. The summed E-state index contributed by atoms with van der Waals surface area (Å²) in [7, 11) is 0. The minimum atomic E-state index is -0.747. The maximum Gasteiger partial charge on any atom is 0.235 e. The van der Waals surface area contributed by atoms with Gasteiger partial charge in [0.2, 0.25) is 10.6 Å². The second-order valence-corrected chi connectivity index (χ2v) is 3.49. The van der Waals surface area contributed by atoms with Crippen LogP contribution in [0.15, 0.2) is 27.3 Å². The molecule has 0 saturated heterocycles. The fraction of sp³-hybridized carbons (Fsp3) is 0. The summed E-state index contributed by atoms with van der Waals surface area (Å²) in [5, 5.41) is 0. The summed E-state index contributed by atoms with van der Waals surface area (Å²) in [6, 6.07) is 3.49. The van der Waals surface area contributed by atoms with E-state index < -0.39 is 11.6 Å². The Bertz CT molecular complexity index is 473. The van der Waals surface area contributed by atoms with E-state index in [1.54, 1.807) is 0 Å². The largest absolute Gasteiger partial charge is 0.427 e. The Balaban J connectivity index is 2.63. The third kappa shape index (κ3) is 1.72. The first-order valence-corrected chi connectivity index (χ1v) is 4.75. The lowest BCUT2D eigenvalue weighted by molar-refractivity contribution is 0.527. The minimum Gasteiger partial charge on any atom is -0.427 e. The van der Waals surface area contributed by atoms with E-state index >= 15 is 0 Å². The zero-order valence-electron chi connectivity index (χ0n) is 7.30. The number of nitrogens with two attached hydrogens (primary N) is 1. The second-order valence-electron chi connectivity index (χ2n) is 2.77. The van der Waals surface area contributed by atoms with E-state index in [2.05, 4.69) is 20.9 Å². The van der Waals surface area contributed by atoms with Gasteiger partial charge in [0.1, 0.15) is 17.2 Å². The average Bonchev–Trinajstić information content (AvgIpc) is 2.46. The highest BCUT2D eigenvalue weighted by molar-refractivity contribution is 9.10. The summed E-state index contributed by atoms with van der Waals surface area (Å²) in [5.41, 5.74) is 5.06. The highest BCUT2D eigenvalue weighted by Crippen LogP contribution is 2.30. The van der Waals surface area contributed by atoms with Crippen LogP contribution in [0.1, 0.15) is 0 Å². The quantitative estimate of drug-likeness (QED) is 0.870. The van der Waals surface area contributed by atoms with Crippen LogP contribution in [0, 0.1) is 11.6 Å². The number of hydrogen-bond donors (Lipinski definition) is 1. The molecule has 0 aliphatic rings. The lowest BCUT2D eigenvalue weighted by Crippen LogP contribution is -1.90. The van der Waals surface area contributed by atoms with Crippen LogP contribution in [0.4, 0.5) is 14.6 Å². The molecule has 0 bridgehead atoms. The van der Waals surface area contributed by atoms with Crippen molar-refractivity contribution in [1.29, 1.82) is 0 Å². The molecule has 0 aliphatic heterocycles. The Morgan fingerprint density at radius 3 is 2.33 bits per heavy atom. The molecule has 3 nitrogen and oxygen atoms in total. The number of hydrogen-bond acceptors (Lipinski definition) is 3. The highest BCUT2D eigenvalue weighted by atomic mass is 79.9. The summed E-state index contributed by atoms with van der Waals surface area (Å²) >= 11 is 2.96. The Labute approximate surface area is 92.0 Å². The van der Waals surface area contributed by atoms with E-state index in [1.807, 2.05) is 0 Å². The van der Waals surface area contributed by atoms with Crippen LogP contribution < -0.4 is 5.73 Å². The van der Waals surface area contributed by atoms with Gasteiger partial charge < -0.3 is 10.2 Å². The monoisotopic (exact) mass is 274 g/mol. The number of nitrogen functional groups attached to an aromatic ring is 1. The van der Waals surface area contributed by atoms with Crippen molar-refractivity contribution in [2.45, 2.75) is 0 Å². The van der Waals surface area contributed by atoms with E-state index in [1.165, 1.54) is 6.07 Å². The molecule has 1 aromatic carbocycles. The zero-order chi connectivity index (χ0) is 11.0. The zero-order valence-corrected chi connectivity index (χ0v) is 8.88. The molecular formula is C9H5BrF2N2O. The van der Waals surface area contributed by atoms with Crippen molar-refractivity contribution in [3.63, 3.8) is 0 Å². The van der Waals surface area contributed by atoms with Gasteiger partial charge >= 0.3 is 0 Å². The first-order valence-electron chi connectivity index (χ1n) is 3.96. The summed E-state index contributed by atoms with van der Waals surface area (Å²) in [6.07, 6.45) is 0. The molecule has 78 valence electrons. The number of anilines is 1. The molecule has 2 aromatic rings. The number of rotatable bonds is 1. The van der Waals surface area contributed by atoms with Crippen LogP contribution in [0.25, 0.3) is 11.5 Å². The Morgan fingerprint density at radius 2 is 1.87 bits per heavy atom. The van der Waals surface area contributed by atoms with Gasteiger partial charge in [0, 0.05) is 0 Å². The minimum absolute atomic E-state index is 0.0488. The summed E-state index contributed by atoms with van der Waals surface area (Å²) in [6.45, 7) is 0. The van der Waals surface area contributed by atoms with E-state index in [4.69, 9.17) is 10.2 Å². The first kappa shape index (κ1) is 10.1. The van der Waals surface area contributed by atoms with Crippen LogP contribution in [-0.4, -0.2) is 4.98 Å². The SMILES string of the molecule is Nc1nc(-c2c(F)cccc2F)oc1Br. The summed E-state index contributed by atoms with van der Waals surface area (Å²) in [4.78, 5) is 3.69. The predicted octanol–water partition coefficient (Wildman–Crippen LogP) is 2.96. The van der Waals surface area contributed by atoms with Gasteiger partial charge in [0.25, 0.3) is 0 Å². The number of aromatic nitrogens is 1. The van der Waals surface area contributed by atoms with Gasteiger partial charge in [0.05, 0.1) is 0 Å². The van der Waals surface area contributed by atoms with Crippen molar-refractivity contribution >= 4 is 21.7 Å². The lowest BCUT2D eigenvalue weighted by atomic mass is 10.2. The van der Waals surface area contributed by atoms with E-state index in [0.29, 0.717) is 0 Å². The van der Waals surface area contributed by atoms with E-state index in [9.17, 15) is 8.78 Å². The second kappa shape index (κ2) is 3.62. The number of halogens is 3. The van der Waals surface area contributed by atoms with Crippen LogP contribution in [-0.2, 0) is 0 Å². The maximum atomic E-state index is 13.3. The highest BCUT2D eigenvalue weighted by Gasteiger charge is 2.17. The van der Waals surface area contributed by atoms with Crippen molar-refractivity contribution in [3.8, 4) is 11.5 Å². The van der Waals surface area contributed by atoms with Gasteiger partial charge in [0.15, 0.2) is 5.82 Å². The van der Waals surface area contributed by atoms with Crippen molar-refractivity contribution in [3.05, 3.63) is 34.5 Å². The van der Waals surface area contributed by atoms with Crippen LogP contribution in [0.2, 0.25) is 0 Å². The molecule has 0 unspecified atom stereocenters. The normalized spacial score (nSPS) is 10.6. The van der Waals surface area contributed by atoms with Gasteiger partial charge in [-0.3, -0.25) is 0 Å². The molecule has 0 aliphatic carbocycles. The van der Waals surface area contributed by atoms with E-state index in [0.717, 1.165) is 12.1 Å². The van der Waals surface area contributed by atoms with E-state index in [-0.39, 0.29) is 21.9 Å². The molecule has 1 heterocycles. The molecule has 1 aromatic heterocycles. The smallest absolute Gasteiger partial charge is 0.235 e. The number of benzene rings is 1. The molecule has 0 spiro atoms. The Hall–Kier alpha value is -1.43. The fourth-order valence-corrected chi connectivity index (χ4v) is 1.36. The summed E-state index contributed by atoms with van der Waals surface area (Å²) in [5.74, 6) is -1.63. The third-order valence-electron chi connectivity index (χ3n) is 1.79. The van der Waals surface area contributed by atoms with Crippen LogP contribution in [0.3, 0.4) is 0 Å². The molecule has 0 fully saturated rings. The molecule has 0 atom stereocenters. The molecule has 15 heavy (non-hydrogen) atoms. The van der Waals surface area contributed by atoms with Crippen molar-refractivity contribution < 1.29 is 13.2 Å². The van der Waals surface area contributed by atoms with Crippen LogP contribution in [0.5, 0.6) is 0 Å². The molecule has 0 amide bonds. The Morgan fingerprint density at radius 1 is 1.27 bits per heavy atom. The van der Waals surface area contributed by atoms with Crippen molar-refractivity contribution in [1.82, 2.24) is 4.98 Å². The third-order valence-corrected chi connectivity index (χ3v) is 2.35. The van der Waals surface area contributed by atoms with Crippen molar-refractivity contribution in [2.75, 3.05) is 5.73 Å². The summed E-state index contributed by atoms with van der Waals surface area (Å²) < 4.78 is 31.7. The average molecular weight is 275 g/mol. The van der Waals surface area contributed by atoms with Gasteiger partial charge in [-0.1, -0.05) is 6.07 Å². The molecule has 2 rings (SSSR count). The standard InChI is InChI=1S/C9H5BrF2N2O/c10-7-8(13)14-9(15-7)6-4(11)2-1-3-5(6)12/h1-3H,13H2. The Kier molecular flexibility index (Phi) is 2.44.